The normalized spacial score (nSPS) is 18.5. The predicted octanol–water partition coefficient (Wildman–Crippen LogP) is 4.75. The van der Waals surface area contributed by atoms with E-state index in [1.807, 2.05) is 41.1 Å². The largest absolute Gasteiger partial charge is 0.493 e. The number of rotatable bonds is 4. The van der Waals surface area contributed by atoms with Gasteiger partial charge in [0.1, 0.15) is 6.33 Å². The molecule has 1 aromatic heterocycles. The molecule has 4 rings (SSSR count). The Morgan fingerprint density at radius 2 is 1.78 bits per heavy atom. The van der Waals surface area contributed by atoms with Gasteiger partial charge in [0.15, 0.2) is 11.5 Å². The van der Waals surface area contributed by atoms with E-state index in [2.05, 4.69) is 15.4 Å². The van der Waals surface area contributed by atoms with Crippen LogP contribution in [0.3, 0.4) is 0 Å². The molecule has 1 N–H and O–H groups in total. The van der Waals surface area contributed by atoms with Crippen LogP contribution in [-0.4, -0.2) is 29.0 Å². The Hall–Kier alpha value is -2.44. The molecule has 0 aliphatic carbocycles. The molecule has 0 amide bonds. The number of ether oxygens (including phenoxy) is 2. The van der Waals surface area contributed by atoms with Gasteiger partial charge in [-0.25, -0.2) is 4.68 Å². The van der Waals surface area contributed by atoms with Crippen molar-refractivity contribution < 1.29 is 9.47 Å². The van der Waals surface area contributed by atoms with Crippen molar-refractivity contribution in [3.63, 3.8) is 0 Å². The molecule has 0 saturated carbocycles. The number of nitrogens with one attached hydrogen (secondary N) is 1. The molecule has 8 heteroatoms. The van der Waals surface area contributed by atoms with Crippen molar-refractivity contribution in [2.45, 2.75) is 18.5 Å². The molecule has 1 aliphatic heterocycles. The predicted molar refractivity (Wildman–Crippen MR) is 105 cm³/mol. The molecule has 2 atom stereocenters. The first-order valence-electron chi connectivity index (χ1n) is 8.43. The molecule has 0 bridgehead atoms. The summed E-state index contributed by atoms with van der Waals surface area (Å²) < 4.78 is 12.7. The molecule has 0 unspecified atom stereocenters. The molecule has 0 saturated heterocycles. The Kier molecular flexibility index (Phi) is 4.85. The van der Waals surface area contributed by atoms with Crippen LogP contribution >= 0.6 is 23.2 Å². The van der Waals surface area contributed by atoms with Gasteiger partial charge in [-0.15, -0.1) is 0 Å². The minimum atomic E-state index is -0.0111. The highest BCUT2D eigenvalue weighted by molar-refractivity contribution is 6.42. The summed E-state index contributed by atoms with van der Waals surface area (Å²) in [5.41, 5.74) is 2.11. The fourth-order valence-corrected chi connectivity index (χ4v) is 3.71. The number of fused-ring (bicyclic) bond motifs is 1. The van der Waals surface area contributed by atoms with Crippen molar-refractivity contribution in [2.24, 2.45) is 0 Å². The monoisotopic (exact) mass is 404 g/mol. The number of anilines is 1. The summed E-state index contributed by atoms with van der Waals surface area (Å²) in [7, 11) is 3.25. The van der Waals surface area contributed by atoms with E-state index in [1.54, 1.807) is 20.5 Å². The number of nitrogens with zero attached hydrogens (tertiary/aromatic N) is 3. The quantitative estimate of drug-likeness (QED) is 0.679. The zero-order chi connectivity index (χ0) is 19.0. The highest BCUT2D eigenvalue weighted by atomic mass is 35.5. The van der Waals surface area contributed by atoms with Crippen LogP contribution < -0.4 is 14.8 Å². The number of benzene rings is 2. The van der Waals surface area contributed by atoms with Crippen molar-refractivity contribution in [3.8, 4) is 11.5 Å². The van der Waals surface area contributed by atoms with Crippen LogP contribution in [0.2, 0.25) is 10.0 Å². The summed E-state index contributed by atoms with van der Waals surface area (Å²) in [6.45, 7) is 0. The molecule has 2 heterocycles. The molecule has 3 aromatic rings. The van der Waals surface area contributed by atoms with Gasteiger partial charge in [-0.2, -0.15) is 10.1 Å². The van der Waals surface area contributed by atoms with Crippen molar-refractivity contribution >= 4 is 29.2 Å². The Bertz CT molecular complexity index is 976. The van der Waals surface area contributed by atoms with Crippen LogP contribution in [0.4, 0.5) is 5.95 Å². The molecule has 6 nitrogen and oxygen atoms in total. The Labute approximate surface area is 167 Å². The molecule has 140 valence electrons. The lowest BCUT2D eigenvalue weighted by molar-refractivity contribution is 0.352. The van der Waals surface area contributed by atoms with Gasteiger partial charge < -0.3 is 14.8 Å². The second kappa shape index (κ2) is 7.29. The minimum Gasteiger partial charge on any atom is -0.493 e. The van der Waals surface area contributed by atoms with Crippen molar-refractivity contribution in [3.05, 3.63) is 63.9 Å². The fourth-order valence-electron chi connectivity index (χ4n) is 3.41. The molecule has 27 heavy (non-hydrogen) atoms. The van der Waals surface area contributed by atoms with Gasteiger partial charge in [0.25, 0.3) is 0 Å². The van der Waals surface area contributed by atoms with Gasteiger partial charge in [0, 0.05) is 0 Å². The first kappa shape index (κ1) is 17.9. The summed E-state index contributed by atoms with van der Waals surface area (Å²) in [4.78, 5) is 4.35. The van der Waals surface area contributed by atoms with E-state index in [-0.39, 0.29) is 12.1 Å². The number of hydrogen-bond acceptors (Lipinski definition) is 5. The topological polar surface area (TPSA) is 61.2 Å². The summed E-state index contributed by atoms with van der Waals surface area (Å²) in [5.74, 6) is 2.08. The molecule has 0 fully saturated rings. The summed E-state index contributed by atoms with van der Waals surface area (Å²) in [6, 6.07) is 11.6. The molecule has 2 aromatic carbocycles. The van der Waals surface area contributed by atoms with Crippen LogP contribution in [0.15, 0.2) is 42.7 Å². The Morgan fingerprint density at radius 3 is 2.52 bits per heavy atom. The molecular formula is C19H18Cl2N4O2. The molecular weight excluding hydrogens is 387 g/mol. The Balaban J connectivity index is 1.73. The lowest BCUT2D eigenvalue weighted by atomic mass is 9.93. The zero-order valence-corrected chi connectivity index (χ0v) is 16.3. The second-order valence-electron chi connectivity index (χ2n) is 6.26. The smallest absolute Gasteiger partial charge is 0.222 e. The van der Waals surface area contributed by atoms with E-state index in [0.29, 0.717) is 27.5 Å². The maximum atomic E-state index is 6.22. The van der Waals surface area contributed by atoms with Crippen LogP contribution in [0.25, 0.3) is 0 Å². The fraction of sp³-hybridized carbons (Fsp3) is 0.263. The number of aromatic nitrogens is 3. The van der Waals surface area contributed by atoms with Gasteiger partial charge >= 0.3 is 0 Å². The van der Waals surface area contributed by atoms with Gasteiger partial charge in [-0.3, -0.25) is 0 Å². The van der Waals surface area contributed by atoms with Crippen LogP contribution in [0, 0.1) is 0 Å². The molecule has 0 spiro atoms. The minimum absolute atomic E-state index is 0.0111. The van der Waals surface area contributed by atoms with Crippen LogP contribution in [-0.2, 0) is 0 Å². The lowest BCUT2D eigenvalue weighted by Gasteiger charge is -2.32. The van der Waals surface area contributed by atoms with Gasteiger partial charge in [-0.1, -0.05) is 35.3 Å². The molecule has 0 radical (unpaired) electrons. The van der Waals surface area contributed by atoms with E-state index in [0.717, 1.165) is 17.5 Å². The highest BCUT2D eigenvalue weighted by Gasteiger charge is 2.30. The van der Waals surface area contributed by atoms with E-state index in [1.165, 1.54) is 0 Å². The lowest BCUT2D eigenvalue weighted by Crippen LogP contribution is -2.28. The zero-order valence-electron chi connectivity index (χ0n) is 14.8. The number of halogens is 2. The maximum absolute atomic E-state index is 6.22. The standard InChI is InChI=1S/C19H18Cl2N4O2/c1-26-17-6-4-12(8-18(17)27-2)16-9-15(24-19-22-10-23-25(16)19)11-3-5-13(20)14(21)7-11/h3-8,10,15-16H,9H2,1-2H3,(H,22,23,24)/t15-,16-/m0/s1. The van der Waals surface area contributed by atoms with E-state index in [4.69, 9.17) is 32.7 Å². The number of methoxy groups -OCH3 is 2. The van der Waals surface area contributed by atoms with E-state index in [9.17, 15) is 0 Å². The highest BCUT2D eigenvalue weighted by Crippen LogP contribution is 2.40. The van der Waals surface area contributed by atoms with Gasteiger partial charge in [0.2, 0.25) is 5.95 Å². The SMILES string of the molecule is COc1ccc([C@@H]2C[C@@H](c3ccc(Cl)c(Cl)c3)Nc3ncnn32)cc1OC. The van der Waals surface area contributed by atoms with Gasteiger partial charge in [0.05, 0.1) is 36.3 Å². The maximum Gasteiger partial charge on any atom is 0.222 e. The third-order valence-corrected chi connectivity index (χ3v) is 5.51. The van der Waals surface area contributed by atoms with Crippen molar-refractivity contribution in [1.29, 1.82) is 0 Å². The third kappa shape index (κ3) is 3.31. The number of hydrogen-bond donors (Lipinski definition) is 1. The average Bonchev–Trinajstić information content (AvgIpc) is 3.17. The second-order valence-corrected chi connectivity index (χ2v) is 7.08. The van der Waals surface area contributed by atoms with Crippen LogP contribution in [0.5, 0.6) is 11.5 Å². The van der Waals surface area contributed by atoms with Crippen molar-refractivity contribution in [1.82, 2.24) is 14.8 Å². The summed E-state index contributed by atoms with van der Waals surface area (Å²) in [6.07, 6.45) is 2.32. The van der Waals surface area contributed by atoms with Crippen LogP contribution in [0.1, 0.15) is 29.6 Å². The first-order valence-corrected chi connectivity index (χ1v) is 9.19. The average molecular weight is 405 g/mol. The summed E-state index contributed by atoms with van der Waals surface area (Å²) in [5, 5.41) is 8.89. The Morgan fingerprint density at radius 1 is 1.00 bits per heavy atom. The molecule has 1 aliphatic rings. The van der Waals surface area contributed by atoms with E-state index < -0.39 is 0 Å². The van der Waals surface area contributed by atoms with Crippen molar-refractivity contribution in [2.75, 3.05) is 19.5 Å². The van der Waals surface area contributed by atoms with Gasteiger partial charge in [-0.05, 0) is 41.8 Å². The summed E-state index contributed by atoms with van der Waals surface area (Å²) >= 11 is 12.3. The third-order valence-electron chi connectivity index (χ3n) is 4.77. The van der Waals surface area contributed by atoms with E-state index >= 15 is 0 Å². The first-order chi connectivity index (χ1) is 13.1.